The summed E-state index contributed by atoms with van der Waals surface area (Å²) in [7, 11) is 1.92. The van der Waals surface area contributed by atoms with E-state index in [9.17, 15) is 4.79 Å². The molecule has 118 valence electrons. The van der Waals surface area contributed by atoms with Crippen molar-refractivity contribution >= 4 is 5.91 Å². The third kappa shape index (κ3) is 2.75. The smallest absolute Gasteiger partial charge is 0.227 e. The zero-order valence-corrected chi connectivity index (χ0v) is 13.4. The molecule has 22 heavy (non-hydrogen) atoms. The van der Waals surface area contributed by atoms with Crippen molar-refractivity contribution in [1.82, 2.24) is 29.7 Å². The number of hydrogen-bond donors (Lipinski definition) is 0. The Morgan fingerprint density at radius 2 is 2.23 bits per heavy atom. The van der Waals surface area contributed by atoms with E-state index in [0.717, 1.165) is 42.9 Å². The first-order valence-electron chi connectivity index (χ1n) is 7.69. The number of rotatable bonds is 4. The maximum Gasteiger partial charge on any atom is 0.227 e. The molecule has 7 heteroatoms. The average molecular weight is 302 g/mol. The van der Waals surface area contributed by atoms with Crippen molar-refractivity contribution in [2.75, 3.05) is 6.54 Å². The summed E-state index contributed by atoms with van der Waals surface area (Å²) in [6, 6.07) is 0.214. The lowest BCUT2D eigenvalue weighted by Crippen LogP contribution is -2.39. The van der Waals surface area contributed by atoms with Crippen LogP contribution in [0.1, 0.15) is 29.8 Å². The lowest BCUT2D eigenvalue weighted by molar-refractivity contribution is -0.131. The van der Waals surface area contributed by atoms with Gasteiger partial charge in [0, 0.05) is 31.0 Å². The molecule has 0 aliphatic carbocycles. The van der Waals surface area contributed by atoms with Gasteiger partial charge >= 0.3 is 0 Å². The molecule has 0 N–H and O–H groups in total. The van der Waals surface area contributed by atoms with Gasteiger partial charge in [0.15, 0.2) is 0 Å². The number of likely N-dealkylation sites (tertiary alicyclic amines) is 1. The topological polar surface area (TPSA) is 68.8 Å². The Morgan fingerprint density at radius 1 is 1.41 bits per heavy atom. The quantitative estimate of drug-likeness (QED) is 0.840. The molecule has 2 aromatic heterocycles. The maximum absolute atomic E-state index is 12.7. The highest BCUT2D eigenvalue weighted by Gasteiger charge is 2.30. The normalized spacial score (nSPS) is 18.1. The minimum atomic E-state index is 0.182. The van der Waals surface area contributed by atoms with E-state index < -0.39 is 0 Å². The summed E-state index contributed by atoms with van der Waals surface area (Å²) in [5.41, 5.74) is 3.07. The van der Waals surface area contributed by atoms with Gasteiger partial charge in [-0.25, -0.2) is 0 Å². The summed E-state index contributed by atoms with van der Waals surface area (Å²) < 4.78 is 3.64. The fourth-order valence-corrected chi connectivity index (χ4v) is 3.23. The van der Waals surface area contributed by atoms with E-state index in [1.165, 1.54) is 0 Å². The van der Waals surface area contributed by atoms with E-state index in [1.54, 1.807) is 10.9 Å². The maximum atomic E-state index is 12.7. The lowest BCUT2D eigenvalue weighted by atomic mass is 10.1. The Bertz CT molecular complexity index is 660. The van der Waals surface area contributed by atoms with Crippen LogP contribution in [0, 0.1) is 13.8 Å². The molecule has 3 rings (SSSR count). The van der Waals surface area contributed by atoms with Crippen molar-refractivity contribution in [2.45, 2.75) is 45.7 Å². The number of carbonyl (C=O) groups is 1. The first-order valence-corrected chi connectivity index (χ1v) is 7.69. The van der Waals surface area contributed by atoms with E-state index in [1.807, 2.05) is 36.7 Å². The van der Waals surface area contributed by atoms with E-state index in [-0.39, 0.29) is 11.9 Å². The SMILES string of the molecule is Cc1nn(C)c(C)c1CC(=O)N1CCC[C@H]1Cn1ccnn1. The van der Waals surface area contributed by atoms with Crippen LogP contribution in [0.5, 0.6) is 0 Å². The molecule has 1 amide bonds. The van der Waals surface area contributed by atoms with Crippen molar-refractivity contribution in [1.29, 1.82) is 0 Å². The second kappa shape index (κ2) is 5.90. The number of carbonyl (C=O) groups excluding carboxylic acids is 1. The number of amides is 1. The van der Waals surface area contributed by atoms with Crippen LogP contribution < -0.4 is 0 Å². The summed E-state index contributed by atoms with van der Waals surface area (Å²) >= 11 is 0. The zero-order valence-electron chi connectivity index (χ0n) is 13.4. The Balaban J connectivity index is 1.70. The van der Waals surface area contributed by atoms with Crippen molar-refractivity contribution in [3.63, 3.8) is 0 Å². The van der Waals surface area contributed by atoms with Crippen molar-refractivity contribution in [3.05, 3.63) is 29.3 Å². The highest BCUT2D eigenvalue weighted by Crippen LogP contribution is 2.21. The molecule has 1 saturated heterocycles. The van der Waals surface area contributed by atoms with Gasteiger partial charge in [0.2, 0.25) is 5.91 Å². The molecular weight excluding hydrogens is 280 g/mol. The van der Waals surface area contributed by atoms with Crippen molar-refractivity contribution in [2.24, 2.45) is 7.05 Å². The van der Waals surface area contributed by atoms with Gasteiger partial charge < -0.3 is 4.90 Å². The van der Waals surface area contributed by atoms with Crippen LogP contribution in [0.4, 0.5) is 0 Å². The second-order valence-corrected chi connectivity index (χ2v) is 5.96. The van der Waals surface area contributed by atoms with Crippen molar-refractivity contribution < 1.29 is 4.79 Å². The molecule has 1 aliphatic heterocycles. The molecular formula is C15H22N6O. The van der Waals surface area contributed by atoms with Crippen LogP contribution in [-0.4, -0.2) is 48.2 Å². The standard InChI is InChI=1S/C15H22N6O/c1-11-14(12(2)19(3)17-11)9-15(22)21-7-4-5-13(21)10-20-8-6-16-18-20/h6,8,13H,4-5,7,9-10H2,1-3H3/t13-/m0/s1. The molecule has 0 unspecified atom stereocenters. The molecule has 3 heterocycles. The fourth-order valence-electron chi connectivity index (χ4n) is 3.23. The van der Waals surface area contributed by atoms with Crippen LogP contribution >= 0.6 is 0 Å². The number of aryl methyl sites for hydroxylation is 2. The number of hydrogen-bond acceptors (Lipinski definition) is 4. The van der Waals surface area contributed by atoms with Crippen LogP contribution in [0.25, 0.3) is 0 Å². The van der Waals surface area contributed by atoms with Crippen LogP contribution in [-0.2, 0) is 24.8 Å². The molecule has 0 aromatic carbocycles. The monoisotopic (exact) mass is 302 g/mol. The summed E-state index contributed by atoms with van der Waals surface area (Å²) in [5, 5.41) is 12.2. The van der Waals surface area contributed by atoms with Gasteiger partial charge in [0.05, 0.1) is 30.9 Å². The highest BCUT2D eigenvalue weighted by molar-refractivity contribution is 5.79. The average Bonchev–Trinajstić information content (AvgIpc) is 3.19. The summed E-state index contributed by atoms with van der Waals surface area (Å²) in [4.78, 5) is 14.7. The van der Waals surface area contributed by atoms with Gasteiger partial charge in [-0.05, 0) is 26.7 Å². The van der Waals surface area contributed by atoms with Gasteiger partial charge in [0.25, 0.3) is 0 Å². The zero-order chi connectivity index (χ0) is 15.7. The van der Waals surface area contributed by atoms with E-state index in [0.29, 0.717) is 6.42 Å². The summed E-state index contributed by atoms with van der Waals surface area (Å²) in [6.07, 6.45) is 6.02. The van der Waals surface area contributed by atoms with Crippen molar-refractivity contribution in [3.8, 4) is 0 Å². The number of nitrogens with zero attached hydrogens (tertiary/aromatic N) is 6. The first kappa shape index (κ1) is 14.7. The van der Waals surface area contributed by atoms with Gasteiger partial charge in [-0.1, -0.05) is 5.21 Å². The third-order valence-corrected chi connectivity index (χ3v) is 4.55. The molecule has 1 aliphatic rings. The molecule has 7 nitrogen and oxygen atoms in total. The second-order valence-electron chi connectivity index (χ2n) is 5.96. The Labute approximate surface area is 129 Å². The Kier molecular flexibility index (Phi) is 3.96. The van der Waals surface area contributed by atoms with Gasteiger partial charge in [0.1, 0.15) is 0 Å². The first-order chi connectivity index (χ1) is 10.6. The van der Waals surface area contributed by atoms with Gasteiger partial charge in [-0.2, -0.15) is 5.10 Å². The van der Waals surface area contributed by atoms with Crippen LogP contribution in [0.3, 0.4) is 0 Å². The lowest BCUT2D eigenvalue weighted by Gasteiger charge is -2.24. The minimum absolute atomic E-state index is 0.182. The summed E-state index contributed by atoms with van der Waals surface area (Å²) in [5.74, 6) is 0.182. The minimum Gasteiger partial charge on any atom is -0.338 e. The highest BCUT2D eigenvalue weighted by atomic mass is 16.2. The third-order valence-electron chi connectivity index (χ3n) is 4.55. The molecule has 2 aromatic rings. The predicted molar refractivity (Wildman–Crippen MR) is 81.1 cm³/mol. The largest absolute Gasteiger partial charge is 0.338 e. The van der Waals surface area contributed by atoms with Gasteiger partial charge in [-0.15, -0.1) is 5.10 Å². The van der Waals surface area contributed by atoms with Crippen LogP contribution in [0.15, 0.2) is 12.4 Å². The van der Waals surface area contributed by atoms with E-state index >= 15 is 0 Å². The molecule has 1 atom stereocenters. The summed E-state index contributed by atoms with van der Waals surface area (Å²) in [6.45, 7) is 5.53. The fraction of sp³-hybridized carbons (Fsp3) is 0.600. The van der Waals surface area contributed by atoms with Crippen LogP contribution in [0.2, 0.25) is 0 Å². The van der Waals surface area contributed by atoms with Gasteiger partial charge in [-0.3, -0.25) is 14.2 Å². The molecule has 1 fully saturated rings. The Hall–Kier alpha value is -2.18. The molecule has 0 radical (unpaired) electrons. The predicted octanol–water partition coefficient (Wildman–Crippen LogP) is 0.862. The molecule has 0 spiro atoms. The number of aromatic nitrogens is 5. The molecule has 0 saturated carbocycles. The Morgan fingerprint density at radius 3 is 2.86 bits per heavy atom. The van der Waals surface area contributed by atoms with E-state index in [2.05, 4.69) is 15.4 Å². The van der Waals surface area contributed by atoms with E-state index in [4.69, 9.17) is 0 Å². The molecule has 0 bridgehead atoms.